The average Bonchev–Trinajstić information content (AvgIpc) is 0.722. The molecular weight excluding hydrogens is 157 g/mol. The van der Waals surface area contributed by atoms with Gasteiger partial charge in [0.25, 0.3) is 0 Å². The minimum Gasteiger partial charge on any atom is -1.00 e. The maximum atomic E-state index is 8.66. The van der Waals surface area contributed by atoms with Crippen LogP contribution in [0, 0.1) is 0 Å². The first kappa shape index (κ1) is 22.5. The molecule has 0 saturated heterocycles. The van der Waals surface area contributed by atoms with Crippen LogP contribution in [0.4, 0.5) is 0 Å². The Hall–Kier alpha value is 2.07. The average molecular weight is 162 g/mol. The molecule has 0 aromatic heterocycles. The van der Waals surface area contributed by atoms with Crippen molar-refractivity contribution in [3.63, 3.8) is 0 Å². The van der Waals surface area contributed by atoms with Gasteiger partial charge in [-0.25, -0.2) is 0 Å². The second kappa shape index (κ2) is 9.07. The fourth-order valence-corrected chi connectivity index (χ4v) is 0. The van der Waals surface area contributed by atoms with E-state index in [9.17, 15) is 0 Å². The van der Waals surface area contributed by atoms with Crippen LogP contribution in [0.1, 0.15) is 2.85 Å². The summed E-state index contributed by atoms with van der Waals surface area (Å²) in [4.78, 5) is 24.3. The summed E-state index contributed by atoms with van der Waals surface area (Å²) in [7, 11) is -5.14. The van der Waals surface area contributed by atoms with Crippen LogP contribution in [0.15, 0.2) is 0 Å². The molecule has 8 heteroatoms. The van der Waals surface area contributed by atoms with Gasteiger partial charge in [0.15, 0.2) is 0 Å². The van der Waals surface area contributed by atoms with E-state index in [1.54, 1.807) is 0 Å². The molecule has 0 fully saturated rings. The molecule has 0 aromatic carbocycles. The molecule has 0 amide bonds. The minimum absolute atomic E-state index is 0. The first-order valence-corrected chi connectivity index (χ1v) is 2.24. The quantitative estimate of drug-likeness (QED) is 0.281. The minimum atomic E-state index is -5.14. The Balaban J connectivity index is -0.00000000800. The van der Waals surface area contributed by atoms with Crippen LogP contribution in [-0.4, -0.2) is 10.4 Å². The van der Waals surface area contributed by atoms with Gasteiger partial charge >= 0.3 is 60.5 Å². The molecule has 3 N–H and O–H groups in total. The van der Waals surface area contributed by atoms with Crippen LogP contribution in [0.5, 0.6) is 0 Å². The molecule has 0 unspecified atom stereocenters. The van der Waals surface area contributed by atoms with Gasteiger partial charge in [-0.2, -0.15) is 0 Å². The SMILES string of the molecule is O.O=P([O-])([O-])O.[H+].[H-].[Na+].[Na+]. The fourth-order valence-electron chi connectivity index (χ4n) is 0. The monoisotopic (exact) mass is 162 g/mol. The number of phosphoric acid groups is 1. The van der Waals surface area contributed by atoms with Crippen molar-refractivity contribution >= 4 is 7.82 Å². The van der Waals surface area contributed by atoms with Crippen LogP contribution in [0.2, 0.25) is 0 Å². The van der Waals surface area contributed by atoms with Gasteiger partial charge < -0.3 is 26.1 Å². The van der Waals surface area contributed by atoms with Crippen molar-refractivity contribution < 1.29 is 86.7 Å². The summed E-state index contributed by atoms with van der Waals surface area (Å²) in [5.41, 5.74) is 0. The topological polar surface area (TPSA) is 115 Å². The zero-order chi connectivity index (χ0) is 4.50. The van der Waals surface area contributed by atoms with E-state index in [-0.39, 0.29) is 67.4 Å². The summed E-state index contributed by atoms with van der Waals surface area (Å²) in [6.45, 7) is 0. The molecule has 0 aromatic rings. The van der Waals surface area contributed by atoms with Gasteiger partial charge in [-0.05, 0) is 0 Å². The molecular formula is H5Na2O5P. The predicted octanol–water partition coefficient (Wildman–Crippen LogP) is -8.78. The molecule has 0 aliphatic carbocycles. The van der Waals surface area contributed by atoms with Gasteiger partial charge in [0, 0.05) is 0 Å². The summed E-state index contributed by atoms with van der Waals surface area (Å²) < 4.78 is 8.66. The van der Waals surface area contributed by atoms with E-state index in [2.05, 4.69) is 0 Å². The molecule has 0 rings (SSSR count). The molecule has 0 saturated carbocycles. The maximum Gasteiger partial charge on any atom is 1.00 e. The van der Waals surface area contributed by atoms with E-state index >= 15 is 0 Å². The van der Waals surface area contributed by atoms with Gasteiger partial charge in [0.1, 0.15) is 0 Å². The summed E-state index contributed by atoms with van der Waals surface area (Å²) >= 11 is 0. The molecule has 8 heavy (non-hydrogen) atoms. The van der Waals surface area contributed by atoms with E-state index < -0.39 is 7.82 Å². The Morgan fingerprint density at radius 2 is 1.50 bits per heavy atom. The molecule has 0 radical (unpaired) electrons. The van der Waals surface area contributed by atoms with E-state index in [4.69, 9.17) is 19.2 Å². The molecule has 0 spiro atoms. The second-order valence-electron chi connectivity index (χ2n) is 0.469. The third kappa shape index (κ3) is 94.1. The zero-order valence-corrected chi connectivity index (χ0v) is 9.51. The van der Waals surface area contributed by atoms with Crippen LogP contribution in [0.25, 0.3) is 0 Å². The molecule has 42 valence electrons. The Bertz CT molecular complexity index is 63.8. The van der Waals surface area contributed by atoms with Crippen LogP contribution >= 0.6 is 7.82 Å². The summed E-state index contributed by atoms with van der Waals surface area (Å²) in [5, 5.41) is 0. The van der Waals surface area contributed by atoms with Gasteiger partial charge in [0.2, 0.25) is 0 Å². The van der Waals surface area contributed by atoms with Gasteiger partial charge in [-0.15, -0.1) is 0 Å². The molecule has 0 aliphatic rings. The van der Waals surface area contributed by atoms with E-state index in [0.717, 1.165) is 0 Å². The van der Waals surface area contributed by atoms with Gasteiger partial charge in [0.05, 0.1) is 7.82 Å². The van der Waals surface area contributed by atoms with Crippen LogP contribution in [0.3, 0.4) is 0 Å². The Labute approximate surface area is 93.6 Å². The molecule has 0 bridgehead atoms. The third-order valence-electron chi connectivity index (χ3n) is 0. The normalized spacial score (nSPS) is 7.38. The molecule has 0 heterocycles. The largest absolute Gasteiger partial charge is 1.00 e. The van der Waals surface area contributed by atoms with E-state index in [1.807, 2.05) is 0 Å². The van der Waals surface area contributed by atoms with Crippen molar-refractivity contribution in [2.45, 2.75) is 0 Å². The van der Waals surface area contributed by atoms with Crippen molar-refractivity contribution in [3.8, 4) is 0 Å². The summed E-state index contributed by atoms with van der Waals surface area (Å²) in [6.07, 6.45) is 0. The van der Waals surface area contributed by atoms with Crippen LogP contribution in [-0.2, 0) is 4.57 Å². The standard InChI is InChI=1S/2Na.H3O4P.H2O.H/c;;1-5(2,3)4;;/h;;(H3,1,2,3,4);1H2;/q2*+1;;;-1/p-1. The third-order valence-corrected chi connectivity index (χ3v) is 0. The van der Waals surface area contributed by atoms with Crippen molar-refractivity contribution in [3.05, 3.63) is 0 Å². The van der Waals surface area contributed by atoms with Crippen molar-refractivity contribution in [2.75, 3.05) is 0 Å². The van der Waals surface area contributed by atoms with Crippen LogP contribution < -0.4 is 68.9 Å². The van der Waals surface area contributed by atoms with Crippen molar-refractivity contribution in [1.82, 2.24) is 0 Å². The number of hydrogen-bond donors (Lipinski definition) is 1. The smallest absolute Gasteiger partial charge is 1.00 e. The van der Waals surface area contributed by atoms with Crippen molar-refractivity contribution in [2.24, 2.45) is 0 Å². The number of rotatable bonds is 0. The predicted molar refractivity (Wildman–Crippen MR) is 15.7 cm³/mol. The second-order valence-corrected chi connectivity index (χ2v) is 1.41. The first-order chi connectivity index (χ1) is 2.00. The molecule has 5 nitrogen and oxygen atoms in total. The van der Waals surface area contributed by atoms with E-state index in [1.165, 1.54) is 0 Å². The molecule has 0 atom stereocenters. The Morgan fingerprint density at radius 3 is 1.50 bits per heavy atom. The summed E-state index contributed by atoms with van der Waals surface area (Å²) in [6, 6.07) is 0. The number of hydrogen-bond acceptors (Lipinski definition) is 3. The molecule has 0 aliphatic heterocycles. The Morgan fingerprint density at radius 1 is 1.50 bits per heavy atom. The summed E-state index contributed by atoms with van der Waals surface area (Å²) in [5.74, 6) is 0. The zero-order valence-electron chi connectivity index (χ0n) is 6.62. The van der Waals surface area contributed by atoms with Gasteiger partial charge in [-0.1, -0.05) is 0 Å². The maximum absolute atomic E-state index is 8.66. The van der Waals surface area contributed by atoms with E-state index in [0.29, 0.717) is 0 Å². The van der Waals surface area contributed by atoms with Gasteiger partial charge in [-0.3, -0.25) is 0 Å². The first-order valence-electron chi connectivity index (χ1n) is 0.748. The fraction of sp³-hybridized carbons (Fsp3) is 0. The Kier molecular flexibility index (Phi) is 25.5. The van der Waals surface area contributed by atoms with Crippen molar-refractivity contribution in [1.29, 1.82) is 0 Å².